The molecule has 1 aliphatic heterocycles. The average Bonchev–Trinajstić information content (AvgIpc) is 2.37. The molecule has 0 aromatic carbocycles. The Balaban J connectivity index is 1.72. The minimum absolute atomic E-state index is 0.657. The van der Waals surface area contributed by atoms with E-state index in [0.717, 1.165) is 31.3 Å². The molecule has 0 amide bonds. The van der Waals surface area contributed by atoms with E-state index in [1.54, 1.807) is 0 Å². The van der Waals surface area contributed by atoms with Crippen LogP contribution in [0, 0.1) is 5.92 Å². The number of aromatic nitrogens is 3. The van der Waals surface area contributed by atoms with Gasteiger partial charge >= 0.3 is 0 Å². The van der Waals surface area contributed by atoms with Crippen molar-refractivity contribution >= 4 is 0 Å². The fourth-order valence-electron chi connectivity index (χ4n) is 2.21. The predicted molar refractivity (Wildman–Crippen MR) is 57.7 cm³/mol. The van der Waals surface area contributed by atoms with Crippen LogP contribution in [-0.4, -0.2) is 27.9 Å². The van der Waals surface area contributed by atoms with Crippen LogP contribution in [0.25, 0.3) is 0 Å². The Morgan fingerprint density at radius 3 is 2.73 bits per heavy atom. The van der Waals surface area contributed by atoms with Gasteiger partial charge in [-0.05, 0) is 31.8 Å². The highest BCUT2D eigenvalue weighted by atomic mass is 15.3. The van der Waals surface area contributed by atoms with Crippen LogP contribution in [0.15, 0.2) is 0 Å². The molecule has 3 rings (SSSR count). The number of nitrogens with one attached hydrogen (secondary N) is 1. The van der Waals surface area contributed by atoms with Crippen molar-refractivity contribution in [1.82, 2.24) is 20.1 Å². The van der Waals surface area contributed by atoms with Gasteiger partial charge < -0.3 is 5.32 Å². The van der Waals surface area contributed by atoms with Gasteiger partial charge in [0, 0.05) is 19.4 Å². The van der Waals surface area contributed by atoms with Gasteiger partial charge in [0.25, 0.3) is 0 Å². The third kappa shape index (κ3) is 1.67. The number of hydrogen-bond donors (Lipinski definition) is 1. The standard InChI is InChI=1S/C11H18N4/c1-15-10(5-8-6-12-7-8)13-11(14-15)9-3-2-4-9/h8-9,12H,2-7H2,1H3. The van der Waals surface area contributed by atoms with E-state index >= 15 is 0 Å². The Hall–Kier alpha value is -0.900. The molecule has 0 unspecified atom stereocenters. The molecule has 0 spiro atoms. The molecule has 0 bridgehead atoms. The maximum absolute atomic E-state index is 4.68. The van der Waals surface area contributed by atoms with E-state index < -0.39 is 0 Å². The van der Waals surface area contributed by atoms with Crippen molar-refractivity contribution in [2.45, 2.75) is 31.6 Å². The van der Waals surface area contributed by atoms with Crippen molar-refractivity contribution in [2.24, 2.45) is 13.0 Å². The Bertz CT molecular complexity index is 349. The third-order valence-corrected chi connectivity index (χ3v) is 3.68. The molecule has 0 atom stereocenters. The zero-order chi connectivity index (χ0) is 10.3. The van der Waals surface area contributed by atoms with Gasteiger partial charge in [0.15, 0.2) is 5.82 Å². The first-order chi connectivity index (χ1) is 7.33. The molecule has 1 N–H and O–H groups in total. The molecule has 1 saturated carbocycles. The Labute approximate surface area is 90.1 Å². The molecule has 2 heterocycles. The van der Waals surface area contributed by atoms with Gasteiger partial charge in [-0.3, -0.25) is 4.68 Å². The van der Waals surface area contributed by atoms with E-state index in [0.29, 0.717) is 5.92 Å². The second-order valence-electron chi connectivity index (χ2n) is 4.87. The van der Waals surface area contributed by atoms with Crippen LogP contribution < -0.4 is 5.32 Å². The van der Waals surface area contributed by atoms with E-state index in [1.807, 2.05) is 11.7 Å². The van der Waals surface area contributed by atoms with Gasteiger partial charge in [0.1, 0.15) is 5.82 Å². The number of hydrogen-bond acceptors (Lipinski definition) is 3. The molecule has 15 heavy (non-hydrogen) atoms. The molecule has 1 saturated heterocycles. The fourth-order valence-corrected chi connectivity index (χ4v) is 2.21. The predicted octanol–water partition coefficient (Wildman–Crippen LogP) is 0.844. The summed E-state index contributed by atoms with van der Waals surface area (Å²) in [5.41, 5.74) is 0. The lowest BCUT2D eigenvalue weighted by Gasteiger charge is -2.26. The Morgan fingerprint density at radius 2 is 2.20 bits per heavy atom. The van der Waals surface area contributed by atoms with Gasteiger partial charge in [-0.15, -0.1) is 0 Å². The SMILES string of the molecule is Cn1nc(C2CCC2)nc1CC1CNC1. The Kier molecular flexibility index (Phi) is 2.24. The maximum Gasteiger partial charge on any atom is 0.154 e. The van der Waals surface area contributed by atoms with Crippen LogP contribution in [0.5, 0.6) is 0 Å². The second-order valence-corrected chi connectivity index (χ2v) is 4.87. The van der Waals surface area contributed by atoms with Crippen LogP contribution >= 0.6 is 0 Å². The van der Waals surface area contributed by atoms with Gasteiger partial charge in [-0.2, -0.15) is 5.10 Å². The zero-order valence-corrected chi connectivity index (χ0v) is 9.24. The number of nitrogens with zero attached hydrogens (tertiary/aromatic N) is 3. The normalized spacial score (nSPS) is 22.5. The minimum atomic E-state index is 0.657. The molecular weight excluding hydrogens is 188 g/mol. The molecule has 2 fully saturated rings. The van der Waals surface area contributed by atoms with Crippen LogP contribution in [0.1, 0.15) is 36.8 Å². The smallest absolute Gasteiger partial charge is 0.154 e. The average molecular weight is 206 g/mol. The topological polar surface area (TPSA) is 42.7 Å². The molecule has 4 heteroatoms. The van der Waals surface area contributed by atoms with E-state index in [4.69, 9.17) is 0 Å². The summed E-state index contributed by atoms with van der Waals surface area (Å²) in [5.74, 6) is 3.70. The van der Waals surface area contributed by atoms with Crippen LogP contribution in [0.4, 0.5) is 0 Å². The summed E-state index contributed by atoms with van der Waals surface area (Å²) in [6.45, 7) is 2.29. The van der Waals surface area contributed by atoms with Crippen LogP contribution in [0.2, 0.25) is 0 Å². The van der Waals surface area contributed by atoms with Gasteiger partial charge in [-0.1, -0.05) is 6.42 Å². The summed E-state index contributed by atoms with van der Waals surface area (Å²) in [5, 5.41) is 7.82. The molecule has 1 aromatic heterocycles. The number of aryl methyl sites for hydroxylation is 1. The summed E-state index contributed by atoms with van der Waals surface area (Å²) in [6, 6.07) is 0. The van der Waals surface area contributed by atoms with Crippen LogP contribution in [0.3, 0.4) is 0 Å². The van der Waals surface area contributed by atoms with E-state index in [1.165, 1.54) is 25.1 Å². The summed E-state index contributed by atoms with van der Waals surface area (Å²) in [6.07, 6.45) is 5.01. The maximum atomic E-state index is 4.68. The molecule has 4 nitrogen and oxygen atoms in total. The summed E-state index contributed by atoms with van der Waals surface area (Å²) in [7, 11) is 2.02. The fraction of sp³-hybridized carbons (Fsp3) is 0.818. The summed E-state index contributed by atoms with van der Waals surface area (Å²) < 4.78 is 1.98. The van der Waals surface area contributed by atoms with Crippen molar-refractivity contribution in [3.63, 3.8) is 0 Å². The molecule has 0 radical (unpaired) electrons. The zero-order valence-electron chi connectivity index (χ0n) is 9.24. The summed E-state index contributed by atoms with van der Waals surface area (Å²) >= 11 is 0. The third-order valence-electron chi connectivity index (χ3n) is 3.68. The number of rotatable bonds is 3. The van der Waals surface area contributed by atoms with Crippen molar-refractivity contribution < 1.29 is 0 Å². The highest BCUT2D eigenvalue weighted by Gasteiger charge is 2.26. The van der Waals surface area contributed by atoms with Gasteiger partial charge in [-0.25, -0.2) is 4.98 Å². The molecule has 1 aromatic rings. The monoisotopic (exact) mass is 206 g/mol. The lowest BCUT2D eigenvalue weighted by atomic mass is 9.85. The largest absolute Gasteiger partial charge is 0.316 e. The molecule has 2 aliphatic rings. The lowest BCUT2D eigenvalue weighted by Crippen LogP contribution is -2.43. The second kappa shape index (κ2) is 3.59. The highest BCUT2D eigenvalue weighted by Crippen LogP contribution is 2.34. The molecule has 82 valence electrons. The minimum Gasteiger partial charge on any atom is -0.316 e. The first-order valence-corrected chi connectivity index (χ1v) is 5.93. The van der Waals surface area contributed by atoms with Gasteiger partial charge in [0.2, 0.25) is 0 Å². The van der Waals surface area contributed by atoms with Crippen molar-refractivity contribution in [3.05, 3.63) is 11.6 Å². The lowest BCUT2D eigenvalue weighted by molar-refractivity contribution is 0.337. The van der Waals surface area contributed by atoms with E-state index in [-0.39, 0.29) is 0 Å². The van der Waals surface area contributed by atoms with Crippen molar-refractivity contribution in [3.8, 4) is 0 Å². The van der Waals surface area contributed by atoms with Crippen LogP contribution in [-0.2, 0) is 13.5 Å². The molecular formula is C11H18N4. The molecule has 1 aliphatic carbocycles. The van der Waals surface area contributed by atoms with Crippen molar-refractivity contribution in [1.29, 1.82) is 0 Å². The van der Waals surface area contributed by atoms with Crippen molar-refractivity contribution in [2.75, 3.05) is 13.1 Å². The van der Waals surface area contributed by atoms with E-state index in [2.05, 4.69) is 15.4 Å². The Morgan fingerprint density at radius 1 is 1.40 bits per heavy atom. The van der Waals surface area contributed by atoms with E-state index in [9.17, 15) is 0 Å². The van der Waals surface area contributed by atoms with Gasteiger partial charge in [0.05, 0.1) is 0 Å². The quantitative estimate of drug-likeness (QED) is 0.797. The summed E-state index contributed by atoms with van der Waals surface area (Å²) in [4.78, 5) is 4.68. The highest BCUT2D eigenvalue weighted by molar-refractivity contribution is 5.04. The first kappa shape index (κ1) is 9.33. The first-order valence-electron chi connectivity index (χ1n) is 5.93.